The maximum Gasteiger partial charge on any atom is 0.152 e. The normalized spacial score (nSPS) is 10.4. The summed E-state index contributed by atoms with van der Waals surface area (Å²) in [5.41, 5.74) is 0.764. The van der Waals surface area contributed by atoms with Gasteiger partial charge in [0.1, 0.15) is 11.5 Å². The van der Waals surface area contributed by atoms with Gasteiger partial charge in [-0.2, -0.15) is 0 Å². The van der Waals surface area contributed by atoms with Crippen LogP contribution in [-0.2, 0) is 4.79 Å². The molecule has 14 heavy (non-hydrogen) atoms. The molecular formula is C11H12O3. The highest BCUT2D eigenvalue weighted by atomic mass is 16.5. The maximum absolute atomic E-state index is 10.7. The number of methoxy groups -OCH3 is 1. The molecule has 1 aromatic carbocycles. The maximum atomic E-state index is 10.7. The molecule has 0 bridgehead atoms. The van der Waals surface area contributed by atoms with Crippen molar-refractivity contribution in [3.8, 4) is 11.5 Å². The summed E-state index contributed by atoms with van der Waals surface area (Å²) in [5, 5.41) is 9.17. The van der Waals surface area contributed by atoms with Gasteiger partial charge in [0.05, 0.1) is 7.11 Å². The first-order valence-corrected chi connectivity index (χ1v) is 4.19. The van der Waals surface area contributed by atoms with Crippen molar-refractivity contribution in [3.05, 3.63) is 29.8 Å². The first-order valence-electron chi connectivity index (χ1n) is 4.19. The van der Waals surface area contributed by atoms with Crippen LogP contribution in [0.4, 0.5) is 0 Å². The van der Waals surface area contributed by atoms with Crippen LogP contribution in [0.3, 0.4) is 0 Å². The lowest BCUT2D eigenvalue weighted by Crippen LogP contribution is -1.87. The summed E-state index contributed by atoms with van der Waals surface area (Å²) in [5.74, 6) is 0.657. The largest absolute Gasteiger partial charge is 0.508 e. The van der Waals surface area contributed by atoms with Crippen molar-refractivity contribution in [2.45, 2.75) is 6.92 Å². The van der Waals surface area contributed by atoms with Gasteiger partial charge in [0, 0.05) is 11.6 Å². The zero-order valence-electron chi connectivity index (χ0n) is 8.15. The van der Waals surface area contributed by atoms with Crippen LogP contribution >= 0.6 is 0 Å². The number of phenols is 1. The van der Waals surface area contributed by atoms with Crippen molar-refractivity contribution in [2.75, 3.05) is 7.11 Å². The van der Waals surface area contributed by atoms with Gasteiger partial charge in [-0.05, 0) is 31.2 Å². The van der Waals surface area contributed by atoms with E-state index in [1.807, 2.05) is 0 Å². The summed E-state index contributed by atoms with van der Waals surface area (Å²) in [6, 6.07) is 4.73. The molecule has 1 aromatic rings. The molecule has 1 rings (SSSR count). The van der Waals surface area contributed by atoms with Crippen LogP contribution in [-0.4, -0.2) is 18.0 Å². The van der Waals surface area contributed by atoms with Gasteiger partial charge >= 0.3 is 0 Å². The monoisotopic (exact) mass is 192 g/mol. The van der Waals surface area contributed by atoms with Gasteiger partial charge in [0.25, 0.3) is 0 Å². The minimum absolute atomic E-state index is 0.0277. The number of benzene rings is 1. The van der Waals surface area contributed by atoms with E-state index in [1.54, 1.807) is 18.2 Å². The number of phenolic OH excluding ortho intramolecular Hbond substituents is 1. The molecule has 0 unspecified atom stereocenters. The molecule has 0 aliphatic carbocycles. The third-order valence-corrected chi connectivity index (χ3v) is 1.71. The molecule has 0 aliphatic heterocycles. The number of carbonyl (C=O) groups is 1. The van der Waals surface area contributed by atoms with Gasteiger partial charge in [-0.3, -0.25) is 4.79 Å². The minimum Gasteiger partial charge on any atom is -0.508 e. The third-order valence-electron chi connectivity index (χ3n) is 1.71. The minimum atomic E-state index is -0.0277. The van der Waals surface area contributed by atoms with Crippen LogP contribution in [0.5, 0.6) is 11.5 Å². The number of rotatable bonds is 3. The van der Waals surface area contributed by atoms with E-state index in [1.165, 1.54) is 26.2 Å². The van der Waals surface area contributed by atoms with Gasteiger partial charge < -0.3 is 9.84 Å². The molecule has 74 valence electrons. The van der Waals surface area contributed by atoms with E-state index in [9.17, 15) is 9.90 Å². The highest BCUT2D eigenvalue weighted by Crippen LogP contribution is 2.24. The predicted molar refractivity (Wildman–Crippen MR) is 54.4 cm³/mol. The second-order valence-electron chi connectivity index (χ2n) is 2.87. The Kier molecular flexibility index (Phi) is 3.29. The fourth-order valence-electron chi connectivity index (χ4n) is 1.04. The molecule has 0 saturated carbocycles. The fraction of sp³-hybridized carbons (Fsp3) is 0.182. The molecule has 0 fully saturated rings. The number of hydrogen-bond donors (Lipinski definition) is 1. The summed E-state index contributed by atoms with van der Waals surface area (Å²) in [4.78, 5) is 10.7. The molecule has 0 atom stereocenters. The highest BCUT2D eigenvalue weighted by Gasteiger charge is 2.00. The quantitative estimate of drug-likeness (QED) is 0.745. The van der Waals surface area contributed by atoms with Crippen molar-refractivity contribution in [2.24, 2.45) is 0 Å². The molecule has 0 saturated heterocycles. The van der Waals surface area contributed by atoms with Gasteiger partial charge in [0.15, 0.2) is 5.78 Å². The van der Waals surface area contributed by atoms with E-state index in [0.29, 0.717) is 5.75 Å². The number of aromatic hydroxyl groups is 1. The van der Waals surface area contributed by atoms with Crippen LogP contribution in [0.15, 0.2) is 24.3 Å². The van der Waals surface area contributed by atoms with E-state index in [0.717, 1.165) is 5.56 Å². The van der Waals surface area contributed by atoms with Crippen LogP contribution in [0.2, 0.25) is 0 Å². The average molecular weight is 192 g/mol. The van der Waals surface area contributed by atoms with Crippen LogP contribution in [0.1, 0.15) is 12.5 Å². The van der Waals surface area contributed by atoms with Crippen LogP contribution in [0.25, 0.3) is 6.08 Å². The summed E-state index contributed by atoms with van der Waals surface area (Å²) in [6.45, 7) is 1.48. The summed E-state index contributed by atoms with van der Waals surface area (Å²) in [7, 11) is 1.51. The first kappa shape index (κ1) is 10.3. The van der Waals surface area contributed by atoms with E-state index in [4.69, 9.17) is 4.74 Å². The molecule has 3 heteroatoms. The number of allylic oxidation sites excluding steroid dienone is 1. The lowest BCUT2D eigenvalue weighted by atomic mass is 10.1. The Hall–Kier alpha value is -1.77. The second kappa shape index (κ2) is 4.46. The Balaban J connectivity index is 3.02. The van der Waals surface area contributed by atoms with Gasteiger partial charge in [-0.15, -0.1) is 0 Å². The molecular weight excluding hydrogens is 180 g/mol. The molecule has 3 nitrogen and oxygen atoms in total. The topological polar surface area (TPSA) is 46.5 Å². The zero-order chi connectivity index (χ0) is 10.6. The Morgan fingerprint density at radius 3 is 2.79 bits per heavy atom. The van der Waals surface area contributed by atoms with Crippen molar-refractivity contribution in [1.29, 1.82) is 0 Å². The van der Waals surface area contributed by atoms with Crippen LogP contribution in [0, 0.1) is 0 Å². The lowest BCUT2D eigenvalue weighted by molar-refractivity contribution is -0.112. The molecule has 0 amide bonds. The average Bonchev–Trinajstić information content (AvgIpc) is 2.15. The van der Waals surface area contributed by atoms with E-state index >= 15 is 0 Å². The van der Waals surface area contributed by atoms with E-state index < -0.39 is 0 Å². The van der Waals surface area contributed by atoms with Crippen LogP contribution < -0.4 is 4.74 Å². The smallest absolute Gasteiger partial charge is 0.152 e. The zero-order valence-corrected chi connectivity index (χ0v) is 8.15. The number of ketones is 1. The Morgan fingerprint density at radius 2 is 2.21 bits per heavy atom. The number of hydrogen-bond acceptors (Lipinski definition) is 3. The predicted octanol–water partition coefficient (Wildman–Crippen LogP) is 2.00. The lowest BCUT2D eigenvalue weighted by Gasteiger charge is -2.04. The second-order valence-corrected chi connectivity index (χ2v) is 2.87. The molecule has 0 spiro atoms. The molecule has 0 aliphatic rings. The van der Waals surface area contributed by atoms with E-state index in [2.05, 4.69) is 0 Å². The van der Waals surface area contributed by atoms with Gasteiger partial charge in [-0.25, -0.2) is 0 Å². The van der Waals surface area contributed by atoms with Crippen molar-refractivity contribution < 1.29 is 14.6 Å². The van der Waals surface area contributed by atoms with Crippen molar-refractivity contribution >= 4 is 11.9 Å². The van der Waals surface area contributed by atoms with Gasteiger partial charge in [0.2, 0.25) is 0 Å². The fourth-order valence-corrected chi connectivity index (χ4v) is 1.04. The standard InChI is InChI=1S/C11H12O3/c1-8(12)3-4-9-5-6-10(13)7-11(9)14-2/h3-7,13H,1-2H3/b4-3+. The van der Waals surface area contributed by atoms with E-state index in [-0.39, 0.29) is 11.5 Å². The molecule has 0 radical (unpaired) electrons. The Labute approximate surface area is 82.6 Å². The van der Waals surface area contributed by atoms with Gasteiger partial charge in [-0.1, -0.05) is 0 Å². The van der Waals surface area contributed by atoms with Crippen molar-refractivity contribution in [1.82, 2.24) is 0 Å². The van der Waals surface area contributed by atoms with Crippen molar-refractivity contribution in [3.63, 3.8) is 0 Å². The highest BCUT2D eigenvalue weighted by molar-refractivity contribution is 5.91. The Morgan fingerprint density at radius 1 is 1.50 bits per heavy atom. The number of ether oxygens (including phenoxy) is 1. The SMILES string of the molecule is COc1cc(O)ccc1/C=C/C(C)=O. The summed E-state index contributed by atoms with van der Waals surface area (Å²) < 4.78 is 5.04. The Bertz CT molecular complexity index is 367. The first-order chi connectivity index (χ1) is 6.63. The molecule has 1 N–H and O–H groups in total. The summed E-state index contributed by atoms with van der Waals surface area (Å²) >= 11 is 0. The number of carbonyl (C=O) groups excluding carboxylic acids is 1. The molecule has 0 heterocycles. The third kappa shape index (κ3) is 2.62. The summed E-state index contributed by atoms with van der Waals surface area (Å²) in [6.07, 6.45) is 3.11. The molecule has 0 aromatic heterocycles.